The van der Waals surface area contributed by atoms with Crippen molar-refractivity contribution < 1.29 is 5.11 Å². The molecule has 0 amide bonds. The monoisotopic (exact) mass is 255 g/mol. The lowest BCUT2D eigenvalue weighted by Gasteiger charge is -2.23. The van der Waals surface area contributed by atoms with E-state index in [0.29, 0.717) is 11.8 Å². The molecule has 1 aromatic carbocycles. The fourth-order valence-corrected chi connectivity index (χ4v) is 2.45. The second-order valence-corrected chi connectivity index (χ2v) is 4.80. The average molecular weight is 256 g/mol. The number of likely N-dealkylation sites (tertiary alicyclic amines) is 1. The number of phenols is 1. The standard InChI is InChI=1S/C14H21NO.ClH/c1-12(15-9-2-3-10-15)7-8-13-5-4-6-14(16)11-13;/h4-6,11-12,16H,2-3,7-10H2,1H3;1H. The van der Waals surface area contributed by atoms with Gasteiger partial charge in [0.2, 0.25) is 0 Å². The van der Waals surface area contributed by atoms with Gasteiger partial charge in [-0.25, -0.2) is 0 Å². The van der Waals surface area contributed by atoms with E-state index in [1.165, 1.54) is 37.9 Å². The Labute approximate surface area is 110 Å². The van der Waals surface area contributed by atoms with E-state index in [2.05, 4.69) is 17.9 Å². The van der Waals surface area contributed by atoms with E-state index in [4.69, 9.17) is 0 Å². The van der Waals surface area contributed by atoms with Crippen molar-refractivity contribution in [2.75, 3.05) is 13.1 Å². The largest absolute Gasteiger partial charge is 0.508 e. The zero-order chi connectivity index (χ0) is 11.4. The summed E-state index contributed by atoms with van der Waals surface area (Å²) < 4.78 is 0. The first-order valence-corrected chi connectivity index (χ1v) is 6.27. The average Bonchev–Trinajstić information content (AvgIpc) is 2.79. The number of benzene rings is 1. The number of aromatic hydroxyl groups is 1. The lowest BCUT2D eigenvalue weighted by atomic mass is 10.1. The highest BCUT2D eigenvalue weighted by Crippen LogP contribution is 2.17. The Hall–Kier alpha value is -0.730. The van der Waals surface area contributed by atoms with E-state index in [1.54, 1.807) is 6.07 Å². The van der Waals surface area contributed by atoms with Gasteiger partial charge in [0.15, 0.2) is 0 Å². The van der Waals surface area contributed by atoms with Gasteiger partial charge < -0.3 is 10.0 Å². The Morgan fingerprint density at radius 1 is 1.29 bits per heavy atom. The number of halogens is 1. The highest BCUT2D eigenvalue weighted by Gasteiger charge is 2.17. The molecule has 1 saturated heterocycles. The molecule has 0 saturated carbocycles. The molecule has 0 radical (unpaired) electrons. The number of aryl methyl sites for hydroxylation is 1. The Kier molecular flexibility index (Phi) is 5.79. The van der Waals surface area contributed by atoms with Gasteiger partial charge in [-0.05, 0) is 63.4 Å². The van der Waals surface area contributed by atoms with Crippen molar-refractivity contribution in [2.24, 2.45) is 0 Å². The Morgan fingerprint density at radius 2 is 2.00 bits per heavy atom. The van der Waals surface area contributed by atoms with Crippen LogP contribution in [0.1, 0.15) is 31.7 Å². The number of phenolic OH excluding ortho intramolecular Hbond substituents is 1. The third-order valence-electron chi connectivity index (χ3n) is 3.53. The Morgan fingerprint density at radius 3 is 2.65 bits per heavy atom. The normalized spacial score (nSPS) is 17.7. The summed E-state index contributed by atoms with van der Waals surface area (Å²) in [6, 6.07) is 8.29. The molecular formula is C14H22ClNO. The van der Waals surface area contributed by atoms with Gasteiger partial charge >= 0.3 is 0 Å². The second-order valence-electron chi connectivity index (χ2n) is 4.80. The number of hydrogen-bond acceptors (Lipinski definition) is 2. The molecule has 1 aliphatic heterocycles. The van der Waals surface area contributed by atoms with Crippen LogP contribution in [0.4, 0.5) is 0 Å². The van der Waals surface area contributed by atoms with Crippen LogP contribution in [0.5, 0.6) is 5.75 Å². The summed E-state index contributed by atoms with van der Waals surface area (Å²) in [5.74, 6) is 0.381. The summed E-state index contributed by atoms with van der Waals surface area (Å²) in [5.41, 5.74) is 1.24. The van der Waals surface area contributed by atoms with E-state index in [1.807, 2.05) is 12.1 Å². The van der Waals surface area contributed by atoms with E-state index in [0.717, 1.165) is 6.42 Å². The van der Waals surface area contributed by atoms with Crippen LogP contribution < -0.4 is 0 Å². The van der Waals surface area contributed by atoms with Crippen LogP contribution in [0.2, 0.25) is 0 Å². The maximum absolute atomic E-state index is 9.38. The second kappa shape index (κ2) is 6.87. The highest BCUT2D eigenvalue weighted by molar-refractivity contribution is 5.85. The first-order valence-electron chi connectivity index (χ1n) is 6.27. The predicted molar refractivity (Wildman–Crippen MR) is 73.9 cm³/mol. The topological polar surface area (TPSA) is 23.5 Å². The van der Waals surface area contributed by atoms with E-state index < -0.39 is 0 Å². The van der Waals surface area contributed by atoms with E-state index in [-0.39, 0.29) is 12.4 Å². The Bertz CT molecular complexity index is 337. The highest BCUT2D eigenvalue weighted by atomic mass is 35.5. The van der Waals surface area contributed by atoms with Crippen LogP contribution in [-0.4, -0.2) is 29.1 Å². The van der Waals surface area contributed by atoms with Gasteiger partial charge in [0, 0.05) is 6.04 Å². The molecule has 0 aliphatic carbocycles. The van der Waals surface area contributed by atoms with Crippen molar-refractivity contribution in [1.82, 2.24) is 4.90 Å². The van der Waals surface area contributed by atoms with Crippen LogP contribution in [0.15, 0.2) is 24.3 Å². The molecule has 2 nitrogen and oxygen atoms in total. The van der Waals surface area contributed by atoms with E-state index >= 15 is 0 Å². The lowest BCUT2D eigenvalue weighted by Crippen LogP contribution is -2.30. The minimum atomic E-state index is 0. The molecule has 1 heterocycles. The fourth-order valence-electron chi connectivity index (χ4n) is 2.45. The fraction of sp³-hybridized carbons (Fsp3) is 0.571. The van der Waals surface area contributed by atoms with Crippen molar-refractivity contribution in [3.63, 3.8) is 0 Å². The Balaban J connectivity index is 0.00000144. The van der Waals surface area contributed by atoms with Crippen molar-refractivity contribution in [2.45, 2.75) is 38.6 Å². The van der Waals surface area contributed by atoms with Gasteiger partial charge in [0.1, 0.15) is 5.75 Å². The minimum Gasteiger partial charge on any atom is -0.508 e. The zero-order valence-electron chi connectivity index (χ0n) is 10.4. The maximum atomic E-state index is 9.38. The van der Waals surface area contributed by atoms with Gasteiger partial charge in [-0.15, -0.1) is 12.4 Å². The van der Waals surface area contributed by atoms with Crippen molar-refractivity contribution >= 4 is 12.4 Å². The molecule has 1 unspecified atom stereocenters. The summed E-state index contributed by atoms with van der Waals surface area (Å²) in [4.78, 5) is 2.57. The third-order valence-corrected chi connectivity index (χ3v) is 3.53. The van der Waals surface area contributed by atoms with Crippen LogP contribution in [0.3, 0.4) is 0 Å². The molecule has 0 aromatic heterocycles. The maximum Gasteiger partial charge on any atom is 0.115 e. The molecule has 1 aliphatic rings. The van der Waals surface area contributed by atoms with Crippen molar-refractivity contribution in [3.05, 3.63) is 29.8 Å². The number of rotatable bonds is 4. The van der Waals surface area contributed by atoms with Crippen molar-refractivity contribution in [1.29, 1.82) is 0 Å². The smallest absolute Gasteiger partial charge is 0.115 e. The van der Waals surface area contributed by atoms with Gasteiger partial charge in [-0.1, -0.05) is 12.1 Å². The quantitative estimate of drug-likeness (QED) is 0.893. The van der Waals surface area contributed by atoms with Crippen molar-refractivity contribution in [3.8, 4) is 5.75 Å². The molecule has 1 aromatic rings. The summed E-state index contributed by atoms with van der Waals surface area (Å²) in [5, 5.41) is 9.38. The SMILES string of the molecule is CC(CCc1cccc(O)c1)N1CCCC1.Cl. The number of hydrogen-bond donors (Lipinski definition) is 1. The predicted octanol–water partition coefficient (Wildman–Crippen LogP) is 3.23. The van der Waals surface area contributed by atoms with Crippen LogP contribution in [0, 0.1) is 0 Å². The molecule has 17 heavy (non-hydrogen) atoms. The zero-order valence-corrected chi connectivity index (χ0v) is 11.2. The van der Waals surface area contributed by atoms with Gasteiger partial charge in [0.25, 0.3) is 0 Å². The van der Waals surface area contributed by atoms with Crippen LogP contribution >= 0.6 is 12.4 Å². The molecule has 0 bridgehead atoms. The summed E-state index contributed by atoms with van der Waals surface area (Å²) in [6.07, 6.45) is 4.96. The van der Waals surface area contributed by atoms with Crippen LogP contribution in [-0.2, 0) is 6.42 Å². The van der Waals surface area contributed by atoms with Crippen LogP contribution in [0.25, 0.3) is 0 Å². The van der Waals surface area contributed by atoms with Gasteiger partial charge in [-0.3, -0.25) is 0 Å². The molecular weight excluding hydrogens is 234 g/mol. The third kappa shape index (κ3) is 4.21. The first kappa shape index (κ1) is 14.3. The molecule has 0 spiro atoms. The molecule has 2 rings (SSSR count). The summed E-state index contributed by atoms with van der Waals surface area (Å²) >= 11 is 0. The minimum absolute atomic E-state index is 0. The molecule has 1 fully saturated rings. The molecule has 3 heteroatoms. The summed E-state index contributed by atoms with van der Waals surface area (Å²) in [7, 11) is 0. The lowest BCUT2D eigenvalue weighted by molar-refractivity contribution is 0.247. The van der Waals surface area contributed by atoms with E-state index in [9.17, 15) is 5.11 Å². The molecule has 1 atom stereocenters. The van der Waals surface area contributed by atoms with Gasteiger partial charge in [-0.2, -0.15) is 0 Å². The molecule has 96 valence electrons. The molecule has 1 N–H and O–H groups in total. The van der Waals surface area contributed by atoms with Gasteiger partial charge in [0.05, 0.1) is 0 Å². The summed E-state index contributed by atoms with van der Waals surface area (Å²) in [6.45, 7) is 4.84. The number of nitrogens with zero attached hydrogens (tertiary/aromatic N) is 1. The first-order chi connectivity index (χ1) is 7.75.